The van der Waals surface area contributed by atoms with Crippen molar-refractivity contribution in [3.63, 3.8) is 0 Å². The summed E-state index contributed by atoms with van der Waals surface area (Å²) in [6, 6.07) is 7.80. The molecule has 3 aromatic rings. The lowest BCUT2D eigenvalue weighted by Gasteiger charge is -2.09. The van der Waals surface area contributed by atoms with Gasteiger partial charge in [-0.25, -0.2) is 4.39 Å². The molecule has 0 saturated heterocycles. The van der Waals surface area contributed by atoms with Crippen LogP contribution in [0.3, 0.4) is 0 Å². The molecule has 0 saturated carbocycles. The Labute approximate surface area is 151 Å². The normalized spacial score (nSPS) is 10.9. The second-order valence-corrected chi connectivity index (χ2v) is 6.14. The number of rotatable bonds is 6. The van der Waals surface area contributed by atoms with Crippen LogP contribution in [-0.4, -0.2) is 27.2 Å². The van der Waals surface area contributed by atoms with E-state index in [1.807, 2.05) is 31.4 Å². The summed E-state index contributed by atoms with van der Waals surface area (Å²) in [4.78, 5) is 12.0. The Bertz CT molecular complexity index is 912. The number of nitrogens with one attached hydrogen (secondary N) is 1. The van der Waals surface area contributed by atoms with E-state index in [2.05, 4.69) is 15.5 Å². The molecule has 0 atom stereocenters. The second kappa shape index (κ2) is 7.51. The van der Waals surface area contributed by atoms with Crippen LogP contribution < -0.4 is 5.32 Å². The third kappa shape index (κ3) is 3.66. The molecule has 2 aromatic heterocycles. The smallest absolute Gasteiger partial charge is 0.249 e. The lowest BCUT2D eigenvalue weighted by molar-refractivity contribution is -0.121. The first-order valence-corrected chi connectivity index (χ1v) is 8.52. The average Bonchev–Trinajstić information content (AvgIpc) is 3.21. The number of aromatic nitrogens is 3. The molecule has 1 amide bonds. The van der Waals surface area contributed by atoms with Crippen molar-refractivity contribution in [3.8, 4) is 22.9 Å². The number of nitrogens with zero attached hydrogens (tertiary/aromatic N) is 3. The highest BCUT2D eigenvalue weighted by Gasteiger charge is 2.18. The van der Waals surface area contributed by atoms with Crippen molar-refractivity contribution in [2.24, 2.45) is 0 Å². The molecule has 0 spiro atoms. The SMILES string of the molecule is CCCNC(=O)Cn1c(C)cc(-c2nnc(-c3ccc(F)cc3)o2)c1C. The number of benzene rings is 1. The van der Waals surface area contributed by atoms with Crippen LogP contribution >= 0.6 is 0 Å². The van der Waals surface area contributed by atoms with Crippen molar-refractivity contribution in [2.45, 2.75) is 33.7 Å². The first-order valence-electron chi connectivity index (χ1n) is 8.52. The first-order chi connectivity index (χ1) is 12.5. The molecule has 136 valence electrons. The van der Waals surface area contributed by atoms with E-state index in [1.165, 1.54) is 12.1 Å². The number of hydrogen-bond donors (Lipinski definition) is 1. The summed E-state index contributed by atoms with van der Waals surface area (Å²) < 4.78 is 20.7. The lowest BCUT2D eigenvalue weighted by Crippen LogP contribution is -2.28. The van der Waals surface area contributed by atoms with Gasteiger partial charge >= 0.3 is 0 Å². The molecule has 26 heavy (non-hydrogen) atoms. The zero-order chi connectivity index (χ0) is 18.7. The second-order valence-electron chi connectivity index (χ2n) is 6.14. The molecule has 3 rings (SSSR count). The van der Waals surface area contributed by atoms with Crippen LogP contribution in [0.2, 0.25) is 0 Å². The van der Waals surface area contributed by atoms with Crippen LogP contribution in [0.4, 0.5) is 4.39 Å². The number of carbonyl (C=O) groups is 1. The highest BCUT2D eigenvalue weighted by atomic mass is 19.1. The number of aryl methyl sites for hydroxylation is 1. The van der Waals surface area contributed by atoms with Crippen molar-refractivity contribution < 1.29 is 13.6 Å². The quantitative estimate of drug-likeness (QED) is 0.734. The Balaban J connectivity index is 1.85. The molecule has 1 N–H and O–H groups in total. The van der Waals surface area contributed by atoms with Gasteiger partial charge in [0.25, 0.3) is 0 Å². The van der Waals surface area contributed by atoms with Crippen LogP contribution in [0.5, 0.6) is 0 Å². The summed E-state index contributed by atoms with van der Waals surface area (Å²) in [5.41, 5.74) is 3.25. The lowest BCUT2D eigenvalue weighted by atomic mass is 10.2. The van der Waals surface area contributed by atoms with Gasteiger partial charge in [0.15, 0.2) is 0 Å². The van der Waals surface area contributed by atoms with Crippen molar-refractivity contribution in [3.05, 3.63) is 47.5 Å². The molecule has 7 heteroatoms. The first kappa shape index (κ1) is 17.8. The number of halogens is 1. The van der Waals surface area contributed by atoms with Crippen LogP contribution in [0.15, 0.2) is 34.7 Å². The largest absolute Gasteiger partial charge is 0.416 e. The standard InChI is InChI=1S/C19H21FN4O2/c1-4-9-21-17(25)11-24-12(2)10-16(13(24)3)19-23-22-18(26-19)14-5-7-15(20)8-6-14/h5-8,10H,4,9,11H2,1-3H3,(H,21,25). The molecule has 0 aliphatic heterocycles. The van der Waals surface area contributed by atoms with E-state index < -0.39 is 0 Å². The minimum absolute atomic E-state index is 0.0299. The van der Waals surface area contributed by atoms with Gasteiger partial charge in [-0.05, 0) is 50.6 Å². The maximum atomic E-state index is 13.1. The Morgan fingerprint density at radius 2 is 1.88 bits per heavy atom. The van der Waals surface area contributed by atoms with Crippen molar-refractivity contribution in [2.75, 3.05) is 6.54 Å². The predicted octanol–water partition coefficient (Wildman–Crippen LogP) is 3.49. The van der Waals surface area contributed by atoms with Crippen LogP contribution in [0, 0.1) is 19.7 Å². The van der Waals surface area contributed by atoms with E-state index >= 15 is 0 Å². The Morgan fingerprint density at radius 1 is 1.19 bits per heavy atom. The van der Waals surface area contributed by atoms with E-state index in [0.717, 1.165) is 23.4 Å². The highest BCUT2D eigenvalue weighted by molar-refractivity contribution is 5.76. The molecular formula is C19H21FN4O2. The molecule has 0 aliphatic rings. The maximum absolute atomic E-state index is 13.1. The molecule has 0 unspecified atom stereocenters. The highest BCUT2D eigenvalue weighted by Crippen LogP contribution is 2.28. The molecule has 0 aliphatic carbocycles. The minimum atomic E-state index is -0.321. The summed E-state index contributed by atoms with van der Waals surface area (Å²) in [6.07, 6.45) is 0.898. The van der Waals surface area contributed by atoms with Gasteiger partial charge in [0.05, 0.1) is 5.56 Å². The molecular weight excluding hydrogens is 335 g/mol. The van der Waals surface area contributed by atoms with Gasteiger partial charge in [0, 0.05) is 23.5 Å². The van der Waals surface area contributed by atoms with Gasteiger partial charge in [-0.1, -0.05) is 6.92 Å². The molecule has 1 aromatic carbocycles. The van der Waals surface area contributed by atoms with Gasteiger partial charge < -0.3 is 14.3 Å². The van der Waals surface area contributed by atoms with Gasteiger partial charge in [0.1, 0.15) is 12.4 Å². The summed E-state index contributed by atoms with van der Waals surface area (Å²) in [5.74, 6) is 0.347. The van der Waals surface area contributed by atoms with Crippen LogP contribution in [-0.2, 0) is 11.3 Å². The summed E-state index contributed by atoms with van der Waals surface area (Å²) in [5, 5.41) is 11.0. The summed E-state index contributed by atoms with van der Waals surface area (Å²) in [7, 11) is 0. The van der Waals surface area contributed by atoms with Gasteiger partial charge in [-0.3, -0.25) is 4.79 Å². The van der Waals surface area contributed by atoms with E-state index in [9.17, 15) is 9.18 Å². The fourth-order valence-corrected chi connectivity index (χ4v) is 2.77. The summed E-state index contributed by atoms with van der Waals surface area (Å²) in [6.45, 7) is 6.77. The van der Waals surface area contributed by atoms with Gasteiger partial charge in [0.2, 0.25) is 17.7 Å². The van der Waals surface area contributed by atoms with Crippen LogP contribution in [0.25, 0.3) is 22.9 Å². The molecule has 0 radical (unpaired) electrons. The third-order valence-electron chi connectivity index (χ3n) is 4.19. The third-order valence-corrected chi connectivity index (χ3v) is 4.19. The topological polar surface area (TPSA) is 73.0 Å². The van der Waals surface area contributed by atoms with E-state index in [4.69, 9.17) is 4.42 Å². The fourth-order valence-electron chi connectivity index (χ4n) is 2.77. The number of amides is 1. The minimum Gasteiger partial charge on any atom is -0.416 e. The van der Waals surface area contributed by atoms with Crippen molar-refractivity contribution >= 4 is 5.91 Å². The Kier molecular flexibility index (Phi) is 5.16. The maximum Gasteiger partial charge on any atom is 0.249 e. The predicted molar refractivity (Wildman–Crippen MR) is 95.9 cm³/mol. The molecule has 0 fully saturated rings. The average molecular weight is 356 g/mol. The van der Waals surface area contributed by atoms with Crippen LogP contribution in [0.1, 0.15) is 24.7 Å². The number of hydrogen-bond acceptors (Lipinski definition) is 4. The van der Waals surface area contributed by atoms with E-state index in [1.54, 1.807) is 12.1 Å². The monoisotopic (exact) mass is 356 g/mol. The van der Waals surface area contributed by atoms with E-state index in [-0.39, 0.29) is 18.3 Å². The molecule has 0 bridgehead atoms. The Morgan fingerprint density at radius 3 is 2.58 bits per heavy atom. The van der Waals surface area contributed by atoms with E-state index in [0.29, 0.717) is 23.9 Å². The van der Waals surface area contributed by atoms with Gasteiger partial charge in [-0.2, -0.15) is 0 Å². The van der Waals surface area contributed by atoms with Crippen molar-refractivity contribution in [1.82, 2.24) is 20.1 Å². The zero-order valence-corrected chi connectivity index (χ0v) is 15.0. The zero-order valence-electron chi connectivity index (χ0n) is 15.0. The number of carbonyl (C=O) groups excluding carboxylic acids is 1. The van der Waals surface area contributed by atoms with Crippen molar-refractivity contribution in [1.29, 1.82) is 0 Å². The van der Waals surface area contributed by atoms with Gasteiger partial charge in [-0.15, -0.1) is 10.2 Å². The fraction of sp³-hybridized carbons (Fsp3) is 0.316. The molecule has 2 heterocycles. The molecule has 6 nitrogen and oxygen atoms in total. The summed E-state index contributed by atoms with van der Waals surface area (Å²) >= 11 is 0. The Hall–Kier alpha value is -2.96.